The second-order valence-electron chi connectivity index (χ2n) is 7.50. The Morgan fingerprint density at radius 3 is 2.16 bits per heavy atom. The maximum atomic E-state index is 12.6. The van der Waals surface area contributed by atoms with E-state index in [-0.39, 0.29) is 23.8 Å². The van der Waals surface area contributed by atoms with Crippen LogP contribution in [0.1, 0.15) is 29.2 Å². The number of urea groups is 1. The molecule has 0 saturated carbocycles. The van der Waals surface area contributed by atoms with Crippen molar-refractivity contribution in [1.82, 2.24) is 10.2 Å². The van der Waals surface area contributed by atoms with Crippen LogP contribution in [0.25, 0.3) is 0 Å². The Hall–Kier alpha value is -4.01. The number of benzene rings is 1. The first-order valence-electron chi connectivity index (χ1n) is 10.4. The van der Waals surface area contributed by atoms with Crippen LogP contribution < -0.4 is 16.0 Å². The number of carbonyl (C=O) groups excluding carboxylic acids is 3. The van der Waals surface area contributed by atoms with Crippen LogP contribution in [0.15, 0.2) is 69.9 Å². The van der Waals surface area contributed by atoms with Gasteiger partial charge in [0.05, 0.1) is 19.1 Å². The first-order valence-corrected chi connectivity index (χ1v) is 10.4. The Kier molecular flexibility index (Phi) is 6.54. The quantitative estimate of drug-likeness (QED) is 0.545. The average Bonchev–Trinajstić information content (AvgIpc) is 3.53. The third kappa shape index (κ3) is 5.37. The second kappa shape index (κ2) is 9.86. The fourth-order valence-corrected chi connectivity index (χ4v) is 3.54. The van der Waals surface area contributed by atoms with Crippen LogP contribution in [0.3, 0.4) is 0 Å². The molecule has 3 aromatic rings. The minimum Gasteiger partial charge on any atom is -0.467 e. The molecule has 1 aliphatic rings. The number of nitrogens with one attached hydrogen (secondary N) is 3. The van der Waals surface area contributed by atoms with Gasteiger partial charge in [0.25, 0.3) is 5.91 Å². The van der Waals surface area contributed by atoms with Crippen molar-refractivity contribution in [3.05, 3.63) is 72.6 Å². The number of hydrogen-bond acceptors (Lipinski definition) is 5. The number of hydrogen-bond donors (Lipinski definition) is 3. The minimum atomic E-state index is -0.353. The van der Waals surface area contributed by atoms with E-state index in [1.54, 1.807) is 59.7 Å². The van der Waals surface area contributed by atoms with Crippen molar-refractivity contribution in [1.29, 1.82) is 0 Å². The van der Waals surface area contributed by atoms with Gasteiger partial charge in [0, 0.05) is 30.4 Å². The fourth-order valence-electron chi connectivity index (χ4n) is 3.54. The fraction of sp³-hybridized carbons (Fsp3) is 0.261. The van der Waals surface area contributed by atoms with Crippen molar-refractivity contribution in [3.63, 3.8) is 0 Å². The Labute approximate surface area is 184 Å². The lowest BCUT2D eigenvalue weighted by Crippen LogP contribution is -2.41. The molecule has 3 heterocycles. The van der Waals surface area contributed by atoms with Gasteiger partial charge in [-0.3, -0.25) is 9.59 Å². The van der Waals surface area contributed by atoms with Crippen LogP contribution in [-0.2, 0) is 11.3 Å². The maximum Gasteiger partial charge on any atom is 0.319 e. The third-order valence-corrected chi connectivity index (χ3v) is 5.30. The highest BCUT2D eigenvalue weighted by Gasteiger charge is 2.28. The molecule has 9 nitrogen and oxygen atoms in total. The summed E-state index contributed by atoms with van der Waals surface area (Å²) in [5.74, 6) is 0.587. The van der Waals surface area contributed by atoms with Gasteiger partial charge in [-0.2, -0.15) is 0 Å². The molecular formula is C23H24N4O5. The van der Waals surface area contributed by atoms with E-state index in [9.17, 15) is 14.4 Å². The van der Waals surface area contributed by atoms with Crippen LogP contribution in [0, 0.1) is 5.92 Å². The Balaban J connectivity index is 1.21. The number of furan rings is 2. The number of amides is 4. The van der Waals surface area contributed by atoms with Gasteiger partial charge >= 0.3 is 6.03 Å². The minimum absolute atomic E-state index is 0.0769. The van der Waals surface area contributed by atoms with E-state index >= 15 is 0 Å². The van der Waals surface area contributed by atoms with Crippen LogP contribution in [0.2, 0.25) is 0 Å². The normalized spacial score (nSPS) is 14.1. The molecule has 166 valence electrons. The summed E-state index contributed by atoms with van der Waals surface area (Å²) in [6.45, 7) is 1.31. The standard InChI is InChI=1S/C23H24N4O5/c28-21(16-9-11-27(12-10-16)22(29)20-4-2-14-32-20)25-17-5-7-18(8-6-17)26-23(30)24-15-19-3-1-13-31-19/h1-8,13-14,16H,9-12,15H2,(H,25,28)(H2,24,26,30). The summed E-state index contributed by atoms with van der Waals surface area (Å²) < 4.78 is 10.3. The molecule has 2 aromatic heterocycles. The number of anilines is 2. The third-order valence-electron chi connectivity index (χ3n) is 5.30. The summed E-state index contributed by atoms with van der Waals surface area (Å²) in [7, 11) is 0. The molecule has 32 heavy (non-hydrogen) atoms. The Morgan fingerprint density at radius 2 is 1.53 bits per heavy atom. The van der Waals surface area contributed by atoms with Gasteiger partial charge in [-0.15, -0.1) is 0 Å². The molecule has 0 bridgehead atoms. The highest BCUT2D eigenvalue weighted by molar-refractivity contribution is 5.94. The van der Waals surface area contributed by atoms with E-state index in [4.69, 9.17) is 8.83 Å². The molecule has 1 fully saturated rings. The largest absolute Gasteiger partial charge is 0.467 e. The zero-order valence-corrected chi connectivity index (χ0v) is 17.4. The van der Waals surface area contributed by atoms with Crippen molar-refractivity contribution in [2.45, 2.75) is 19.4 Å². The first-order chi connectivity index (χ1) is 15.6. The lowest BCUT2D eigenvalue weighted by atomic mass is 9.95. The molecule has 0 unspecified atom stereocenters. The molecule has 1 saturated heterocycles. The average molecular weight is 436 g/mol. The molecule has 3 N–H and O–H groups in total. The maximum absolute atomic E-state index is 12.6. The molecule has 1 aromatic carbocycles. The summed E-state index contributed by atoms with van der Waals surface area (Å²) in [4.78, 5) is 38.6. The van der Waals surface area contributed by atoms with Crippen LogP contribution >= 0.6 is 0 Å². The molecular weight excluding hydrogens is 412 g/mol. The van der Waals surface area contributed by atoms with Gasteiger partial charge in [-0.1, -0.05) is 0 Å². The highest BCUT2D eigenvalue weighted by Crippen LogP contribution is 2.22. The molecule has 0 radical (unpaired) electrons. The van der Waals surface area contributed by atoms with Crippen LogP contribution in [0.4, 0.5) is 16.2 Å². The highest BCUT2D eigenvalue weighted by atomic mass is 16.3. The zero-order valence-electron chi connectivity index (χ0n) is 17.4. The van der Waals surface area contributed by atoms with E-state index in [1.807, 2.05) is 0 Å². The van der Waals surface area contributed by atoms with E-state index < -0.39 is 0 Å². The summed E-state index contributed by atoms with van der Waals surface area (Å²) in [6, 6.07) is 13.4. The van der Waals surface area contributed by atoms with Crippen molar-refractivity contribution in [2.24, 2.45) is 5.92 Å². The van der Waals surface area contributed by atoms with Crippen molar-refractivity contribution < 1.29 is 23.2 Å². The van der Waals surface area contributed by atoms with E-state index in [2.05, 4.69) is 16.0 Å². The van der Waals surface area contributed by atoms with E-state index in [0.29, 0.717) is 55.4 Å². The van der Waals surface area contributed by atoms with Gasteiger partial charge in [-0.05, 0) is 61.4 Å². The van der Waals surface area contributed by atoms with Crippen molar-refractivity contribution in [3.8, 4) is 0 Å². The van der Waals surface area contributed by atoms with E-state index in [1.165, 1.54) is 6.26 Å². The second-order valence-corrected chi connectivity index (χ2v) is 7.50. The molecule has 0 atom stereocenters. The molecule has 1 aliphatic heterocycles. The van der Waals surface area contributed by atoms with Gasteiger partial charge in [0.15, 0.2) is 5.76 Å². The van der Waals surface area contributed by atoms with Gasteiger partial charge in [-0.25, -0.2) is 4.79 Å². The van der Waals surface area contributed by atoms with Crippen molar-refractivity contribution in [2.75, 3.05) is 23.7 Å². The molecule has 4 amide bonds. The number of likely N-dealkylation sites (tertiary alicyclic amines) is 1. The monoisotopic (exact) mass is 436 g/mol. The van der Waals surface area contributed by atoms with Gasteiger partial charge in [0.1, 0.15) is 5.76 Å². The topological polar surface area (TPSA) is 117 Å². The summed E-state index contributed by atoms with van der Waals surface area (Å²) in [6.07, 6.45) is 4.20. The smallest absolute Gasteiger partial charge is 0.319 e. The summed E-state index contributed by atoms with van der Waals surface area (Å²) in [5.41, 5.74) is 1.25. The SMILES string of the molecule is O=C(NCc1ccco1)Nc1ccc(NC(=O)C2CCN(C(=O)c3ccco3)CC2)cc1. The number of carbonyl (C=O) groups is 3. The molecule has 9 heteroatoms. The predicted molar refractivity (Wildman–Crippen MR) is 117 cm³/mol. The van der Waals surface area contributed by atoms with Gasteiger partial charge in [0.2, 0.25) is 5.91 Å². The predicted octanol–water partition coefficient (Wildman–Crippen LogP) is 3.69. The lowest BCUT2D eigenvalue weighted by molar-refractivity contribution is -0.121. The Bertz CT molecular complexity index is 1040. The molecule has 4 rings (SSSR count). The molecule has 0 spiro atoms. The lowest BCUT2D eigenvalue weighted by Gasteiger charge is -2.30. The first kappa shape index (κ1) is 21.2. The van der Waals surface area contributed by atoms with Crippen molar-refractivity contribution >= 4 is 29.2 Å². The number of piperidine rings is 1. The van der Waals surface area contributed by atoms with E-state index in [0.717, 1.165) is 0 Å². The summed E-state index contributed by atoms with van der Waals surface area (Å²) >= 11 is 0. The molecule has 0 aliphatic carbocycles. The van der Waals surface area contributed by atoms with Crippen LogP contribution in [-0.4, -0.2) is 35.8 Å². The summed E-state index contributed by atoms with van der Waals surface area (Å²) in [5, 5.41) is 8.33. The Morgan fingerprint density at radius 1 is 0.875 bits per heavy atom. The van der Waals surface area contributed by atoms with Gasteiger partial charge < -0.3 is 29.7 Å². The van der Waals surface area contributed by atoms with Crippen LogP contribution in [0.5, 0.6) is 0 Å². The number of rotatable bonds is 6. The zero-order chi connectivity index (χ0) is 22.3. The number of nitrogens with zero attached hydrogens (tertiary/aromatic N) is 1.